The first-order chi connectivity index (χ1) is 10.6. The minimum atomic E-state index is -0.311. The highest BCUT2D eigenvalue weighted by Gasteiger charge is 2.29. The molecule has 6 heteroatoms. The number of rotatable bonds is 5. The molecule has 1 atom stereocenters. The second kappa shape index (κ2) is 6.84. The molecule has 1 heterocycles. The molecule has 0 bridgehead atoms. The molecule has 0 radical (unpaired) electrons. The third kappa shape index (κ3) is 3.70. The van der Waals surface area contributed by atoms with Gasteiger partial charge in [-0.1, -0.05) is 17.7 Å². The number of hydrogen-bond donors (Lipinski definition) is 2. The second-order valence-corrected chi connectivity index (χ2v) is 6.43. The molecule has 1 aromatic rings. The van der Waals surface area contributed by atoms with E-state index in [2.05, 4.69) is 15.5 Å². The van der Waals surface area contributed by atoms with Crippen LogP contribution in [0.3, 0.4) is 0 Å². The first-order valence-electron chi connectivity index (χ1n) is 7.87. The van der Waals surface area contributed by atoms with Crippen LogP contribution in [0.4, 0.5) is 9.18 Å². The Labute approximate surface area is 135 Å². The number of halogens is 2. The molecule has 120 valence electrons. The van der Waals surface area contributed by atoms with E-state index < -0.39 is 0 Å². The first kappa shape index (κ1) is 15.6. The lowest BCUT2D eigenvalue weighted by atomic mass is 10.0. The number of urea groups is 1. The highest BCUT2D eigenvalue weighted by Crippen LogP contribution is 2.32. The molecular formula is C16H21ClFN3O. The van der Waals surface area contributed by atoms with Crippen LogP contribution in [-0.2, 0) is 0 Å². The van der Waals surface area contributed by atoms with Crippen molar-refractivity contribution in [1.29, 1.82) is 0 Å². The summed E-state index contributed by atoms with van der Waals surface area (Å²) in [6.07, 6.45) is 4.28. The van der Waals surface area contributed by atoms with E-state index in [1.165, 1.54) is 6.07 Å². The van der Waals surface area contributed by atoms with E-state index >= 15 is 0 Å². The number of nitrogens with one attached hydrogen (secondary N) is 2. The Bertz CT molecular complexity index is 524. The predicted octanol–water partition coefficient (Wildman–Crippen LogP) is 3.08. The Balaban J connectivity index is 1.73. The minimum Gasteiger partial charge on any atom is -0.336 e. The van der Waals surface area contributed by atoms with Crippen LogP contribution in [0.5, 0.6) is 0 Å². The third-order valence-corrected chi connectivity index (χ3v) is 4.61. The van der Waals surface area contributed by atoms with Gasteiger partial charge in [0, 0.05) is 23.2 Å². The van der Waals surface area contributed by atoms with Crippen molar-refractivity contribution in [3.8, 4) is 0 Å². The quantitative estimate of drug-likeness (QED) is 0.874. The maximum absolute atomic E-state index is 14.3. The van der Waals surface area contributed by atoms with Crippen molar-refractivity contribution in [1.82, 2.24) is 15.5 Å². The first-order valence-corrected chi connectivity index (χ1v) is 8.25. The molecule has 22 heavy (non-hydrogen) atoms. The van der Waals surface area contributed by atoms with Crippen molar-refractivity contribution in [3.63, 3.8) is 0 Å². The molecule has 1 saturated carbocycles. The molecule has 2 N–H and O–H groups in total. The lowest BCUT2D eigenvalue weighted by Gasteiger charge is -2.29. The zero-order chi connectivity index (χ0) is 15.5. The van der Waals surface area contributed by atoms with Crippen LogP contribution in [0.1, 0.15) is 37.3 Å². The van der Waals surface area contributed by atoms with Crippen molar-refractivity contribution >= 4 is 17.6 Å². The van der Waals surface area contributed by atoms with Gasteiger partial charge >= 0.3 is 6.03 Å². The van der Waals surface area contributed by atoms with Crippen molar-refractivity contribution in [3.05, 3.63) is 34.6 Å². The Hall–Kier alpha value is -1.33. The maximum Gasteiger partial charge on any atom is 0.315 e. The number of likely N-dealkylation sites (tertiary alicyclic amines) is 1. The van der Waals surface area contributed by atoms with E-state index in [-0.39, 0.29) is 17.9 Å². The molecule has 3 rings (SSSR count). The van der Waals surface area contributed by atoms with Crippen LogP contribution in [0.15, 0.2) is 18.2 Å². The SMILES string of the molecule is O=C(NCC(c1c(F)cccc1Cl)N1CCCC1)NC1CC1. The standard InChI is InChI=1S/C16H21ClFN3O/c17-12-4-3-5-13(18)15(12)14(21-8-1-2-9-21)10-19-16(22)20-11-6-7-11/h3-5,11,14H,1-2,6-10H2,(H2,19,20,22). The van der Waals surface area contributed by atoms with Crippen molar-refractivity contribution in [2.75, 3.05) is 19.6 Å². The highest BCUT2D eigenvalue weighted by molar-refractivity contribution is 6.31. The molecule has 1 aromatic carbocycles. The van der Waals surface area contributed by atoms with Crippen LogP contribution in [0.25, 0.3) is 0 Å². The molecule has 2 amide bonds. The number of carbonyl (C=O) groups excluding carboxylic acids is 1. The largest absolute Gasteiger partial charge is 0.336 e. The third-order valence-electron chi connectivity index (χ3n) is 4.28. The maximum atomic E-state index is 14.3. The lowest BCUT2D eigenvalue weighted by Crippen LogP contribution is -2.42. The second-order valence-electron chi connectivity index (χ2n) is 6.02. The van der Waals surface area contributed by atoms with Crippen LogP contribution < -0.4 is 10.6 Å². The molecular weight excluding hydrogens is 305 g/mol. The van der Waals surface area contributed by atoms with Crippen LogP contribution in [0.2, 0.25) is 5.02 Å². The summed E-state index contributed by atoms with van der Waals surface area (Å²) < 4.78 is 14.3. The molecule has 1 aliphatic carbocycles. The smallest absolute Gasteiger partial charge is 0.315 e. The van der Waals surface area contributed by atoms with Crippen LogP contribution in [0, 0.1) is 5.82 Å². The van der Waals surface area contributed by atoms with Gasteiger partial charge in [0.05, 0.1) is 6.04 Å². The van der Waals surface area contributed by atoms with Crippen LogP contribution in [-0.4, -0.2) is 36.6 Å². The molecule has 1 unspecified atom stereocenters. The summed E-state index contributed by atoms with van der Waals surface area (Å²) in [6.45, 7) is 2.17. The zero-order valence-corrected chi connectivity index (χ0v) is 13.2. The normalized spacial score (nSPS) is 19.9. The lowest BCUT2D eigenvalue weighted by molar-refractivity contribution is 0.218. The Morgan fingerprint density at radius 3 is 2.73 bits per heavy atom. The Morgan fingerprint density at radius 1 is 1.36 bits per heavy atom. The number of amides is 2. The number of carbonyl (C=O) groups is 1. The van der Waals surface area contributed by atoms with Gasteiger partial charge in [0.15, 0.2) is 0 Å². The van der Waals surface area contributed by atoms with E-state index in [9.17, 15) is 9.18 Å². The monoisotopic (exact) mass is 325 g/mol. The van der Waals surface area contributed by atoms with E-state index in [4.69, 9.17) is 11.6 Å². The number of hydrogen-bond acceptors (Lipinski definition) is 2. The summed E-state index contributed by atoms with van der Waals surface area (Å²) in [5, 5.41) is 6.17. The topological polar surface area (TPSA) is 44.4 Å². The van der Waals surface area contributed by atoms with Gasteiger partial charge in [-0.2, -0.15) is 0 Å². The summed E-state index contributed by atoms with van der Waals surface area (Å²) >= 11 is 6.22. The van der Waals surface area contributed by atoms with Gasteiger partial charge in [-0.15, -0.1) is 0 Å². The van der Waals surface area contributed by atoms with Gasteiger partial charge in [-0.3, -0.25) is 4.90 Å². The molecule has 0 spiro atoms. The predicted molar refractivity (Wildman–Crippen MR) is 84.5 cm³/mol. The molecule has 1 saturated heterocycles. The Kier molecular flexibility index (Phi) is 4.84. The average Bonchev–Trinajstić information content (AvgIpc) is 3.13. The molecule has 2 fully saturated rings. The van der Waals surface area contributed by atoms with E-state index in [0.29, 0.717) is 23.2 Å². The van der Waals surface area contributed by atoms with Crippen molar-refractivity contribution < 1.29 is 9.18 Å². The van der Waals surface area contributed by atoms with Gasteiger partial charge < -0.3 is 10.6 Å². The fourth-order valence-corrected chi connectivity index (χ4v) is 3.24. The summed E-state index contributed by atoms with van der Waals surface area (Å²) in [4.78, 5) is 14.0. The Morgan fingerprint density at radius 2 is 2.09 bits per heavy atom. The van der Waals surface area contributed by atoms with Crippen LogP contribution >= 0.6 is 11.6 Å². The summed E-state index contributed by atoms with van der Waals surface area (Å²) in [7, 11) is 0. The van der Waals surface area contributed by atoms with Gasteiger partial charge in [0.25, 0.3) is 0 Å². The van der Waals surface area contributed by atoms with Gasteiger partial charge in [-0.25, -0.2) is 9.18 Å². The van der Waals surface area contributed by atoms with E-state index in [1.807, 2.05) is 0 Å². The summed E-state index contributed by atoms with van der Waals surface area (Å²) in [5.41, 5.74) is 0.484. The summed E-state index contributed by atoms with van der Waals surface area (Å²) in [6, 6.07) is 4.64. The fourth-order valence-electron chi connectivity index (χ4n) is 2.95. The molecule has 4 nitrogen and oxygen atoms in total. The van der Waals surface area contributed by atoms with Crippen molar-refractivity contribution in [2.45, 2.75) is 37.8 Å². The number of benzene rings is 1. The van der Waals surface area contributed by atoms with Gasteiger partial charge in [-0.05, 0) is 50.9 Å². The molecule has 0 aromatic heterocycles. The van der Waals surface area contributed by atoms with E-state index in [1.54, 1.807) is 12.1 Å². The average molecular weight is 326 g/mol. The molecule has 1 aliphatic heterocycles. The highest BCUT2D eigenvalue weighted by atomic mass is 35.5. The van der Waals surface area contributed by atoms with Crippen molar-refractivity contribution in [2.24, 2.45) is 0 Å². The fraction of sp³-hybridized carbons (Fsp3) is 0.562. The number of nitrogens with zero attached hydrogens (tertiary/aromatic N) is 1. The molecule has 2 aliphatic rings. The minimum absolute atomic E-state index is 0.181. The summed E-state index contributed by atoms with van der Waals surface area (Å²) in [5.74, 6) is -0.311. The zero-order valence-electron chi connectivity index (χ0n) is 12.4. The van der Waals surface area contributed by atoms with E-state index in [0.717, 1.165) is 38.8 Å². The van der Waals surface area contributed by atoms with Gasteiger partial charge in [0.1, 0.15) is 5.82 Å². The van der Waals surface area contributed by atoms with Gasteiger partial charge in [0.2, 0.25) is 0 Å².